The SMILES string of the molecule is CCNC(CSCC)Cc1c(Br)c(C)nn1C. The Balaban J connectivity index is 2.70. The van der Waals surface area contributed by atoms with Crippen molar-refractivity contribution in [2.75, 3.05) is 18.1 Å². The van der Waals surface area contributed by atoms with E-state index < -0.39 is 0 Å². The summed E-state index contributed by atoms with van der Waals surface area (Å²) in [7, 11) is 2.02. The predicted octanol–water partition coefficient (Wildman–Crippen LogP) is 2.76. The molecule has 0 aromatic carbocycles. The van der Waals surface area contributed by atoms with Crippen molar-refractivity contribution in [1.29, 1.82) is 0 Å². The molecule has 3 nitrogen and oxygen atoms in total. The first-order valence-corrected chi connectivity index (χ1v) is 8.03. The molecule has 0 bridgehead atoms. The highest BCUT2D eigenvalue weighted by Crippen LogP contribution is 2.22. The number of nitrogens with one attached hydrogen (secondary N) is 1. The van der Waals surface area contributed by atoms with E-state index >= 15 is 0 Å². The van der Waals surface area contributed by atoms with Gasteiger partial charge >= 0.3 is 0 Å². The van der Waals surface area contributed by atoms with Crippen LogP contribution < -0.4 is 5.32 Å². The average molecular weight is 320 g/mol. The molecule has 0 saturated heterocycles. The van der Waals surface area contributed by atoms with E-state index in [2.05, 4.69) is 40.2 Å². The lowest BCUT2D eigenvalue weighted by atomic mass is 10.1. The second-order valence-electron chi connectivity index (χ2n) is 4.09. The third-order valence-electron chi connectivity index (χ3n) is 2.72. The zero-order valence-electron chi connectivity index (χ0n) is 11.1. The molecule has 1 unspecified atom stereocenters. The molecule has 1 rings (SSSR count). The van der Waals surface area contributed by atoms with Crippen LogP contribution in [0.3, 0.4) is 0 Å². The minimum Gasteiger partial charge on any atom is -0.313 e. The number of aryl methyl sites for hydroxylation is 2. The first-order chi connectivity index (χ1) is 8.10. The quantitative estimate of drug-likeness (QED) is 0.838. The molecule has 0 fully saturated rings. The fourth-order valence-electron chi connectivity index (χ4n) is 1.87. The summed E-state index contributed by atoms with van der Waals surface area (Å²) in [6, 6.07) is 0.524. The summed E-state index contributed by atoms with van der Waals surface area (Å²) in [6.07, 6.45) is 1.03. The highest BCUT2D eigenvalue weighted by atomic mass is 79.9. The molecule has 1 heterocycles. The molecule has 0 saturated carbocycles. The molecule has 1 atom stereocenters. The molecule has 1 aromatic heterocycles. The highest BCUT2D eigenvalue weighted by molar-refractivity contribution is 9.10. The number of nitrogens with zero attached hydrogens (tertiary/aromatic N) is 2. The zero-order chi connectivity index (χ0) is 12.8. The van der Waals surface area contributed by atoms with Gasteiger partial charge in [0, 0.05) is 25.3 Å². The van der Waals surface area contributed by atoms with Crippen molar-refractivity contribution in [1.82, 2.24) is 15.1 Å². The number of likely N-dealkylation sites (N-methyl/N-ethyl adjacent to an activating group) is 1. The van der Waals surface area contributed by atoms with Crippen LogP contribution in [0.1, 0.15) is 25.2 Å². The number of hydrogen-bond acceptors (Lipinski definition) is 3. The van der Waals surface area contributed by atoms with E-state index in [9.17, 15) is 0 Å². The monoisotopic (exact) mass is 319 g/mol. The smallest absolute Gasteiger partial charge is 0.0738 e. The Morgan fingerprint density at radius 3 is 2.65 bits per heavy atom. The number of hydrogen-bond donors (Lipinski definition) is 1. The molecular weight excluding hydrogens is 298 g/mol. The summed E-state index contributed by atoms with van der Waals surface area (Å²) in [5.74, 6) is 2.33. The van der Waals surface area contributed by atoms with Gasteiger partial charge in [0.1, 0.15) is 0 Å². The second-order valence-corrected chi connectivity index (χ2v) is 6.20. The summed E-state index contributed by atoms with van der Waals surface area (Å²) < 4.78 is 3.14. The van der Waals surface area contributed by atoms with Crippen molar-refractivity contribution < 1.29 is 0 Å². The lowest BCUT2D eigenvalue weighted by Gasteiger charge is -2.17. The van der Waals surface area contributed by atoms with Gasteiger partial charge in [0.25, 0.3) is 0 Å². The molecule has 0 aliphatic heterocycles. The van der Waals surface area contributed by atoms with Gasteiger partial charge < -0.3 is 5.32 Å². The minimum atomic E-state index is 0.524. The van der Waals surface area contributed by atoms with Gasteiger partial charge in [-0.25, -0.2) is 0 Å². The Bertz CT molecular complexity index is 352. The summed E-state index contributed by atoms with van der Waals surface area (Å²) in [5, 5.41) is 7.99. The van der Waals surface area contributed by atoms with Gasteiger partial charge in [-0.1, -0.05) is 13.8 Å². The Labute approximate surface area is 117 Å². The lowest BCUT2D eigenvalue weighted by molar-refractivity contribution is 0.548. The lowest BCUT2D eigenvalue weighted by Crippen LogP contribution is -2.34. The summed E-state index contributed by atoms with van der Waals surface area (Å²) in [6.45, 7) is 7.42. The van der Waals surface area contributed by atoms with Crippen LogP contribution in [0.4, 0.5) is 0 Å². The fourth-order valence-corrected chi connectivity index (χ4v) is 3.13. The third kappa shape index (κ3) is 4.30. The van der Waals surface area contributed by atoms with Gasteiger partial charge in [0.05, 0.1) is 15.9 Å². The van der Waals surface area contributed by atoms with Crippen molar-refractivity contribution >= 4 is 27.7 Å². The summed E-state index contributed by atoms with van der Waals surface area (Å²) in [4.78, 5) is 0. The van der Waals surface area contributed by atoms with E-state index in [1.165, 1.54) is 11.4 Å². The maximum absolute atomic E-state index is 4.44. The molecule has 1 aromatic rings. The van der Waals surface area contributed by atoms with Gasteiger partial charge in [-0.2, -0.15) is 16.9 Å². The predicted molar refractivity (Wildman–Crippen MR) is 79.8 cm³/mol. The standard InChI is InChI=1S/C12H22BrN3S/c1-5-14-10(8-17-6-2)7-11-12(13)9(3)15-16(11)4/h10,14H,5-8H2,1-4H3. The average Bonchev–Trinajstić information content (AvgIpc) is 2.53. The fraction of sp³-hybridized carbons (Fsp3) is 0.750. The van der Waals surface area contributed by atoms with Crippen molar-refractivity contribution in [2.45, 2.75) is 33.2 Å². The van der Waals surface area contributed by atoms with Crippen LogP contribution in [-0.4, -0.2) is 33.9 Å². The van der Waals surface area contributed by atoms with Crippen molar-refractivity contribution in [2.24, 2.45) is 7.05 Å². The molecule has 0 amide bonds. The molecule has 17 heavy (non-hydrogen) atoms. The Morgan fingerprint density at radius 2 is 2.18 bits per heavy atom. The van der Waals surface area contributed by atoms with Crippen molar-refractivity contribution in [3.05, 3.63) is 15.9 Å². The number of thioether (sulfide) groups is 1. The molecular formula is C12H22BrN3S. The van der Waals surface area contributed by atoms with Gasteiger partial charge in [-0.05, 0) is 35.2 Å². The first kappa shape index (κ1) is 15.1. The third-order valence-corrected chi connectivity index (χ3v) is 4.80. The molecule has 0 aliphatic rings. The van der Waals surface area contributed by atoms with Crippen LogP contribution >= 0.6 is 27.7 Å². The van der Waals surface area contributed by atoms with Crippen LogP contribution in [0.2, 0.25) is 0 Å². The van der Waals surface area contributed by atoms with Crippen LogP contribution in [0.15, 0.2) is 4.47 Å². The van der Waals surface area contributed by atoms with E-state index in [1.807, 2.05) is 30.4 Å². The Kier molecular flexibility index (Phi) is 6.59. The molecule has 0 aliphatic carbocycles. The van der Waals surface area contributed by atoms with Crippen LogP contribution in [0.25, 0.3) is 0 Å². The zero-order valence-corrected chi connectivity index (χ0v) is 13.5. The highest BCUT2D eigenvalue weighted by Gasteiger charge is 2.15. The normalized spacial score (nSPS) is 13.0. The summed E-state index contributed by atoms with van der Waals surface area (Å²) in [5.41, 5.74) is 2.35. The summed E-state index contributed by atoms with van der Waals surface area (Å²) >= 11 is 5.62. The largest absolute Gasteiger partial charge is 0.313 e. The van der Waals surface area contributed by atoms with Gasteiger partial charge in [-0.3, -0.25) is 4.68 Å². The molecule has 5 heteroatoms. The number of rotatable bonds is 7. The van der Waals surface area contributed by atoms with Crippen molar-refractivity contribution in [3.8, 4) is 0 Å². The Morgan fingerprint density at radius 1 is 1.47 bits per heavy atom. The van der Waals surface area contributed by atoms with E-state index in [-0.39, 0.29) is 0 Å². The van der Waals surface area contributed by atoms with Gasteiger partial charge in [-0.15, -0.1) is 0 Å². The minimum absolute atomic E-state index is 0.524. The maximum Gasteiger partial charge on any atom is 0.0738 e. The van der Waals surface area contributed by atoms with E-state index in [0.29, 0.717) is 6.04 Å². The van der Waals surface area contributed by atoms with Gasteiger partial charge in [0.2, 0.25) is 0 Å². The van der Waals surface area contributed by atoms with Crippen molar-refractivity contribution in [3.63, 3.8) is 0 Å². The first-order valence-electron chi connectivity index (χ1n) is 6.09. The van der Waals surface area contributed by atoms with Crippen LogP contribution in [-0.2, 0) is 13.5 Å². The molecule has 1 N–H and O–H groups in total. The molecule has 0 spiro atoms. The molecule has 0 radical (unpaired) electrons. The Hall–Kier alpha value is 0. The van der Waals surface area contributed by atoms with Gasteiger partial charge in [0.15, 0.2) is 0 Å². The second kappa shape index (κ2) is 7.44. The van der Waals surface area contributed by atoms with Crippen LogP contribution in [0, 0.1) is 6.92 Å². The van der Waals surface area contributed by atoms with E-state index in [4.69, 9.17) is 0 Å². The topological polar surface area (TPSA) is 29.9 Å². The van der Waals surface area contributed by atoms with E-state index in [0.717, 1.165) is 28.9 Å². The van der Waals surface area contributed by atoms with Crippen LogP contribution in [0.5, 0.6) is 0 Å². The number of halogens is 1. The van der Waals surface area contributed by atoms with E-state index in [1.54, 1.807) is 0 Å². The molecule has 98 valence electrons. The number of aromatic nitrogens is 2. The maximum atomic E-state index is 4.44.